The Morgan fingerprint density at radius 2 is 2.15 bits per heavy atom. The number of hydrogen-bond donors (Lipinski definition) is 3. The first-order chi connectivity index (χ1) is 9.56. The predicted molar refractivity (Wildman–Crippen MR) is 77.3 cm³/mol. The van der Waals surface area contributed by atoms with Crippen LogP contribution in [0.3, 0.4) is 0 Å². The Labute approximate surface area is 120 Å². The number of urea groups is 1. The van der Waals surface area contributed by atoms with Gasteiger partial charge in [-0.05, 0) is 37.8 Å². The van der Waals surface area contributed by atoms with Gasteiger partial charge in [0.25, 0.3) is 0 Å². The summed E-state index contributed by atoms with van der Waals surface area (Å²) in [6.07, 6.45) is 2.38. The lowest BCUT2D eigenvalue weighted by atomic mass is 9.92. The number of piperidine rings is 1. The van der Waals surface area contributed by atoms with Gasteiger partial charge in [0.05, 0.1) is 6.54 Å². The molecule has 0 spiro atoms. The van der Waals surface area contributed by atoms with Gasteiger partial charge in [-0.15, -0.1) is 0 Å². The molecular weight excluding hydrogens is 256 g/mol. The number of likely N-dealkylation sites (tertiary alicyclic amines) is 1. The molecule has 2 unspecified atom stereocenters. The molecule has 114 valence electrons. The Bertz CT molecular complexity index is 359. The minimum atomic E-state index is -0.387. The minimum absolute atomic E-state index is 0.209. The van der Waals surface area contributed by atoms with E-state index in [0.29, 0.717) is 31.0 Å². The molecule has 6 heteroatoms. The highest BCUT2D eigenvalue weighted by Crippen LogP contribution is 2.25. The van der Waals surface area contributed by atoms with Crippen LogP contribution in [0.5, 0.6) is 0 Å². The van der Waals surface area contributed by atoms with Gasteiger partial charge in [-0.2, -0.15) is 0 Å². The number of carbonyl (C=O) groups is 2. The summed E-state index contributed by atoms with van der Waals surface area (Å²) in [5, 5.41) is 8.49. The highest BCUT2D eigenvalue weighted by Gasteiger charge is 2.35. The fraction of sp³-hybridized carbons (Fsp3) is 0.857. The number of carbonyl (C=O) groups excluding carboxylic acids is 2. The van der Waals surface area contributed by atoms with Crippen molar-refractivity contribution >= 4 is 11.9 Å². The molecule has 6 nitrogen and oxygen atoms in total. The van der Waals surface area contributed by atoms with Crippen molar-refractivity contribution in [2.75, 3.05) is 32.7 Å². The summed E-state index contributed by atoms with van der Waals surface area (Å²) in [6, 6.07) is 0.0648. The van der Waals surface area contributed by atoms with Crippen molar-refractivity contribution in [3.63, 3.8) is 0 Å². The van der Waals surface area contributed by atoms with Crippen LogP contribution < -0.4 is 16.0 Å². The molecule has 0 aromatic rings. The number of imide groups is 1. The molecule has 2 aliphatic rings. The monoisotopic (exact) mass is 282 g/mol. The van der Waals surface area contributed by atoms with Crippen molar-refractivity contribution in [1.82, 2.24) is 20.9 Å². The molecule has 2 heterocycles. The summed E-state index contributed by atoms with van der Waals surface area (Å²) in [5.41, 5.74) is 0. The summed E-state index contributed by atoms with van der Waals surface area (Å²) < 4.78 is 0. The fourth-order valence-corrected chi connectivity index (χ4v) is 3.05. The van der Waals surface area contributed by atoms with Crippen LogP contribution in [0, 0.1) is 11.8 Å². The van der Waals surface area contributed by atoms with Gasteiger partial charge in [0, 0.05) is 19.1 Å². The molecule has 20 heavy (non-hydrogen) atoms. The third-order valence-electron chi connectivity index (χ3n) is 4.06. The van der Waals surface area contributed by atoms with E-state index in [1.165, 1.54) is 6.42 Å². The zero-order chi connectivity index (χ0) is 14.5. The molecule has 2 rings (SSSR count). The van der Waals surface area contributed by atoms with E-state index < -0.39 is 0 Å². The number of nitrogens with zero attached hydrogens (tertiary/aromatic N) is 1. The van der Waals surface area contributed by atoms with Crippen LogP contribution in [0.2, 0.25) is 0 Å². The Hall–Kier alpha value is -1.14. The first-order valence-electron chi connectivity index (χ1n) is 7.58. The molecule has 0 radical (unpaired) electrons. The molecule has 2 fully saturated rings. The molecule has 2 saturated heterocycles. The van der Waals surface area contributed by atoms with E-state index in [-0.39, 0.29) is 11.9 Å². The van der Waals surface area contributed by atoms with Gasteiger partial charge >= 0.3 is 6.03 Å². The van der Waals surface area contributed by atoms with E-state index in [1.54, 1.807) is 0 Å². The van der Waals surface area contributed by atoms with E-state index in [2.05, 4.69) is 20.9 Å². The van der Waals surface area contributed by atoms with Gasteiger partial charge < -0.3 is 10.6 Å². The van der Waals surface area contributed by atoms with Crippen LogP contribution in [0.1, 0.15) is 26.7 Å². The van der Waals surface area contributed by atoms with Crippen molar-refractivity contribution in [2.24, 2.45) is 11.8 Å². The predicted octanol–water partition coefficient (Wildman–Crippen LogP) is 0.152. The van der Waals surface area contributed by atoms with Crippen molar-refractivity contribution in [2.45, 2.75) is 32.7 Å². The normalized spacial score (nSPS) is 26.4. The number of hydrogen-bond acceptors (Lipinski definition) is 4. The number of nitrogens with one attached hydrogen (secondary N) is 3. The fourth-order valence-electron chi connectivity index (χ4n) is 3.05. The molecule has 0 aromatic heterocycles. The lowest BCUT2D eigenvalue weighted by Crippen LogP contribution is -2.51. The maximum atomic E-state index is 11.9. The van der Waals surface area contributed by atoms with Crippen LogP contribution >= 0.6 is 0 Å². The SMILES string of the molecule is CC(C)CNC(=O)NC(=O)CN1CCCC2CNCC21. The maximum Gasteiger partial charge on any atom is 0.321 e. The van der Waals surface area contributed by atoms with E-state index in [9.17, 15) is 9.59 Å². The summed E-state index contributed by atoms with van der Waals surface area (Å²) in [7, 11) is 0. The molecular formula is C14H26N4O2. The van der Waals surface area contributed by atoms with Crippen molar-refractivity contribution < 1.29 is 9.59 Å². The van der Waals surface area contributed by atoms with Gasteiger partial charge in [-0.25, -0.2) is 4.79 Å². The molecule has 2 aliphatic heterocycles. The van der Waals surface area contributed by atoms with E-state index in [1.807, 2.05) is 13.8 Å². The van der Waals surface area contributed by atoms with Gasteiger partial charge in [0.1, 0.15) is 0 Å². The van der Waals surface area contributed by atoms with Gasteiger partial charge in [0.15, 0.2) is 0 Å². The molecule has 0 saturated carbocycles. The second kappa shape index (κ2) is 7.04. The van der Waals surface area contributed by atoms with Crippen molar-refractivity contribution in [3.05, 3.63) is 0 Å². The van der Waals surface area contributed by atoms with Crippen LogP contribution in [0.25, 0.3) is 0 Å². The second-order valence-corrected chi connectivity index (χ2v) is 6.25. The molecule has 3 amide bonds. The average Bonchev–Trinajstić information content (AvgIpc) is 2.85. The highest BCUT2D eigenvalue weighted by molar-refractivity contribution is 5.95. The number of amides is 3. The van der Waals surface area contributed by atoms with Crippen LogP contribution in [-0.4, -0.2) is 55.6 Å². The molecule has 0 bridgehead atoms. The quantitative estimate of drug-likeness (QED) is 0.686. The lowest BCUT2D eigenvalue weighted by Gasteiger charge is -2.36. The van der Waals surface area contributed by atoms with E-state index >= 15 is 0 Å². The van der Waals surface area contributed by atoms with Gasteiger partial charge in [0.2, 0.25) is 5.91 Å². The standard InChI is InChI=1S/C14H26N4O2/c1-10(2)6-16-14(20)17-13(19)9-18-5-3-4-11-7-15-8-12(11)18/h10-12,15H,3-9H2,1-2H3,(H2,16,17,19,20). The first-order valence-corrected chi connectivity index (χ1v) is 7.58. The minimum Gasteiger partial charge on any atom is -0.338 e. The Kier molecular flexibility index (Phi) is 5.37. The van der Waals surface area contributed by atoms with Crippen LogP contribution in [0.4, 0.5) is 4.79 Å². The topological polar surface area (TPSA) is 73.5 Å². The number of fused-ring (bicyclic) bond motifs is 1. The largest absolute Gasteiger partial charge is 0.338 e. The van der Waals surface area contributed by atoms with Crippen LogP contribution in [0.15, 0.2) is 0 Å². The van der Waals surface area contributed by atoms with Crippen molar-refractivity contribution in [1.29, 1.82) is 0 Å². The zero-order valence-corrected chi connectivity index (χ0v) is 12.4. The number of rotatable bonds is 4. The van der Waals surface area contributed by atoms with Crippen LogP contribution in [-0.2, 0) is 4.79 Å². The Morgan fingerprint density at radius 1 is 1.35 bits per heavy atom. The second-order valence-electron chi connectivity index (χ2n) is 6.25. The maximum absolute atomic E-state index is 11.9. The Balaban J connectivity index is 1.74. The third kappa shape index (κ3) is 4.18. The van der Waals surface area contributed by atoms with Crippen molar-refractivity contribution in [3.8, 4) is 0 Å². The summed E-state index contributed by atoms with van der Waals surface area (Å²) in [5.74, 6) is 0.827. The summed E-state index contributed by atoms with van der Waals surface area (Å²) in [6.45, 7) is 7.89. The summed E-state index contributed by atoms with van der Waals surface area (Å²) >= 11 is 0. The molecule has 3 N–H and O–H groups in total. The third-order valence-corrected chi connectivity index (χ3v) is 4.06. The molecule has 0 aliphatic carbocycles. The summed E-state index contributed by atoms with van der Waals surface area (Å²) in [4.78, 5) is 25.7. The van der Waals surface area contributed by atoms with Gasteiger partial charge in [-0.1, -0.05) is 13.8 Å². The lowest BCUT2D eigenvalue weighted by molar-refractivity contribution is -0.122. The van der Waals surface area contributed by atoms with E-state index in [4.69, 9.17) is 0 Å². The van der Waals surface area contributed by atoms with Gasteiger partial charge in [-0.3, -0.25) is 15.0 Å². The zero-order valence-electron chi connectivity index (χ0n) is 12.4. The highest BCUT2D eigenvalue weighted by atomic mass is 16.2. The average molecular weight is 282 g/mol. The molecule has 2 atom stereocenters. The smallest absolute Gasteiger partial charge is 0.321 e. The molecule has 0 aromatic carbocycles. The van der Waals surface area contributed by atoms with E-state index in [0.717, 1.165) is 26.1 Å². The first kappa shape index (κ1) is 15.3. The Morgan fingerprint density at radius 3 is 2.90 bits per heavy atom.